The number of carbonyl (C=O) groups is 3. The van der Waals surface area contributed by atoms with Gasteiger partial charge in [0.15, 0.2) is 11.5 Å². The largest absolute Gasteiger partial charge is 0.504 e. The number of ether oxygens (including phenoxy) is 1. The van der Waals surface area contributed by atoms with Crippen LogP contribution >= 0.6 is 0 Å². The van der Waals surface area contributed by atoms with Crippen molar-refractivity contribution in [2.45, 2.75) is 52.6 Å². The standard InChI is InChI=1S/C32H36N2O6/c1-17-9-7-11-22(19(17)3)33-30(37)28-25(36)16-32(5,39)29(27(28)21-13-14-24(35)26(15-21)40-6)31(38)34-23-12-8-10-18(2)20(23)4/h7-15,27-29,35,39H,16H2,1-6H3,(H,33,37)(H,34,38). The Morgan fingerprint density at radius 1 is 0.900 bits per heavy atom. The first-order valence-electron chi connectivity index (χ1n) is 13.2. The molecule has 0 spiro atoms. The van der Waals surface area contributed by atoms with Crippen LogP contribution in [0.5, 0.6) is 11.5 Å². The number of nitrogens with one attached hydrogen (secondary N) is 2. The number of ketones is 1. The second-order valence-corrected chi connectivity index (χ2v) is 10.9. The second kappa shape index (κ2) is 11.1. The molecule has 4 N–H and O–H groups in total. The van der Waals surface area contributed by atoms with Gasteiger partial charge < -0.3 is 25.6 Å². The van der Waals surface area contributed by atoms with Gasteiger partial charge in [0.05, 0.1) is 18.6 Å². The van der Waals surface area contributed by atoms with Crippen molar-refractivity contribution in [1.82, 2.24) is 0 Å². The average molecular weight is 545 g/mol. The molecule has 1 aliphatic rings. The first-order valence-corrected chi connectivity index (χ1v) is 13.2. The molecule has 2 amide bonds. The van der Waals surface area contributed by atoms with Crippen molar-refractivity contribution in [3.05, 3.63) is 82.4 Å². The Kier molecular flexibility index (Phi) is 8.03. The Bertz CT molecular complexity index is 1480. The Morgan fingerprint density at radius 3 is 2.00 bits per heavy atom. The molecule has 1 aliphatic carbocycles. The number of aromatic hydroxyl groups is 1. The van der Waals surface area contributed by atoms with Gasteiger partial charge in [0.1, 0.15) is 11.7 Å². The number of phenols is 1. The zero-order valence-corrected chi connectivity index (χ0v) is 23.7. The molecule has 0 aliphatic heterocycles. The summed E-state index contributed by atoms with van der Waals surface area (Å²) in [6.07, 6.45) is -0.380. The molecule has 8 heteroatoms. The van der Waals surface area contributed by atoms with Crippen LogP contribution in [0.2, 0.25) is 0 Å². The summed E-state index contributed by atoms with van der Waals surface area (Å²) in [6, 6.07) is 15.5. The van der Waals surface area contributed by atoms with E-state index in [0.717, 1.165) is 22.3 Å². The number of carbonyl (C=O) groups excluding carboxylic acids is 3. The summed E-state index contributed by atoms with van der Waals surface area (Å²) >= 11 is 0. The number of aryl methyl sites for hydroxylation is 2. The van der Waals surface area contributed by atoms with Crippen LogP contribution in [0.15, 0.2) is 54.6 Å². The average Bonchev–Trinajstić information content (AvgIpc) is 2.88. The van der Waals surface area contributed by atoms with E-state index in [9.17, 15) is 24.6 Å². The van der Waals surface area contributed by atoms with E-state index in [0.29, 0.717) is 16.9 Å². The van der Waals surface area contributed by atoms with Gasteiger partial charge in [-0.25, -0.2) is 0 Å². The van der Waals surface area contributed by atoms with Gasteiger partial charge in [-0.15, -0.1) is 0 Å². The molecule has 0 saturated heterocycles. The minimum Gasteiger partial charge on any atom is -0.504 e. The van der Waals surface area contributed by atoms with Crippen molar-refractivity contribution < 1.29 is 29.3 Å². The number of amides is 2. The summed E-state index contributed by atoms with van der Waals surface area (Å²) in [5, 5.41) is 27.6. The van der Waals surface area contributed by atoms with Crippen LogP contribution in [0.25, 0.3) is 0 Å². The number of hydrogen-bond acceptors (Lipinski definition) is 6. The lowest BCUT2D eigenvalue weighted by atomic mass is 9.61. The molecule has 0 radical (unpaired) electrons. The number of Topliss-reactive ketones (excluding diaryl/α,β-unsaturated/α-hetero) is 1. The highest BCUT2D eigenvalue weighted by Crippen LogP contribution is 2.48. The maximum Gasteiger partial charge on any atom is 0.235 e. The number of anilines is 2. The second-order valence-electron chi connectivity index (χ2n) is 10.9. The molecule has 8 nitrogen and oxygen atoms in total. The van der Waals surface area contributed by atoms with E-state index >= 15 is 0 Å². The normalized spacial score (nSPS) is 22.5. The minimum atomic E-state index is -1.76. The summed E-state index contributed by atoms with van der Waals surface area (Å²) < 4.78 is 5.30. The van der Waals surface area contributed by atoms with Crippen molar-refractivity contribution >= 4 is 29.0 Å². The predicted molar refractivity (Wildman–Crippen MR) is 154 cm³/mol. The number of rotatable bonds is 6. The third-order valence-electron chi connectivity index (χ3n) is 8.15. The van der Waals surface area contributed by atoms with Crippen LogP contribution in [-0.2, 0) is 14.4 Å². The lowest BCUT2D eigenvalue weighted by molar-refractivity contribution is -0.150. The Labute approximate surface area is 234 Å². The van der Waals surface area contributed by atoms with Crippen molar-refractivity contribution in [2.24, 2.45) is 11.8 Å². The first kappa shape index (κ1) is 28.8. The molecule has 0 aromatic heterocycles. The zero-order valence-electron chi connectivity index (χ0n) is 23.7. The van der Waals surface area contributed by atoms with Crippen LogP contribution in [-0.4, -0.2) is 40.5 Å². The van der Waals surface area contributed by atoms with Gasteiger partial charge in [0.2, 0.25) is 11.8 Å². The van der Waals surface area contributed by atoms with Crippen molar-refractivity contribution in [2.75, 3.05) is 17.7 Å². The highest BCUT2D eigenvalue weighted by molar-refractivity contribution is 6.10. The van der Waals surface area contributed by atoms with Gasteiger partial charge in [0, 0.05) is 23.7 Å². The van der Waals surface area contributed by atoms with Gasteiger partial charge in [-0.3, -0.25) is 14.4 Å². The highest BCUT2D eigenvalue weighted by Gasteiger charge is 2.56. The number of methoxy groups -OCH3 is 1. The van der Waals surface area contributed by atoms with Crippen LogP contribution in [0.3, 0.4) is 0 Å². The van der Waals surface area contributed by atoms with Crippen LogP contribution in [0.4, 0.5) is 11.4 Å². The lowest BCUT2D eigenvalue weighted by Gasteiger charge is -2.44. The molecule has 0 heterocycles. The van der Waals surface area contributed by atoms with Gasteiger partial charge >= 0.3 is 0 Å². The molecule has 40 heavy (non-hydrogen) atoms. The molecule has 1 fully saturated rings. The smallest absolute Gasteiger partial charge is 0.235 e. The van der Waals surface area contributed by atoms with E-state index in [1.54, 1.807) is 18.2 Å². The van der Waals surface area contributed by atoms with Crippen LogP contribution in [0.1, 0.15) is 47.1 Å². The summed E-state index contributed by atoms with van der Waals surface area (Å²) in [5.74, 6) is -5.12. The fraction of sp³-hybridized carbons (Fsp3) is 0.344. The fourth-order valence-electron chi connectivity index (χ4n) is 5.59. The van der Waals surface area contributed by atoms with Crippen LogP contribution < -0.4 is 15.4 Å². The predicted octanol–water partition coefficient (Wildman–Crippen LogP) is 4.95. The molecular weight excluding hydrogens is 508 g/mol. The van der Waals surface area contributed by atoms with Gasteiger partial charge in [0.25, 0.3) is 0 Å². The summed E-state index contributed by atoms with van der Waals surface area (Å²) in [4.78, 5) is 41.4. The fourth-order valence-corrected chi connectivity index (χ4v) is 5.59. The zero-order chi connectivity index (χ0) is 29.4. The number of phenolic OH excluding ortho intramolecular Hbond substituents is 1. The van der Waals surface area contributed by atoms with Crippen molar-refractivity contribution in [3.8, 4) is 11.5 Å². The Morgan fingerprint density at radius 2 is 1.45 bits per heavy atom. The minimum absolute atomic E-state index is 0.123. The molecule has 3 aromatic rings. The van der Waals surface area contributed by atoms with Crippen LogP contribution in [0, 0.1) is 39.5 Å². The van der Waals surface area contributed by atoms with Crippen molar-refractivity contribution in [1.29, 1.82) is 0 Å². The molecule has 4 unspecified atom stereocenters. The van der Waals surface area contributed by atoms with E-state index in [1.807, 2.05) is 52.0 Å². The van der Waals surface area contributed by atoms with Gasteiger partial charge in [-0.05, 0) is 86.7 Å². The van der Waals surface area contributed by atoms with Gasteiger partial charge in [-0.1, -0.05) is 30.3 Å². The summed E-state index contributed by atoms with van der Waals surface area (Å²) in [6.45, 7) is 9.06. The van der Waals surface area contributed by atoms with Gasteiger partial charge in [-0.2, -0.15) is 0 Å². The van der Waals surface area contributed by atoms with Crippen molar-refractivity contribution in [3.63, 3.8) is 0 Å². The van der Waals surface area contributed by atoms with E-state index < -0.39 is 41.0 Å². The summed E-state index contributed by atoms with van der Waals surface area (Å²) in [7, 11) is 1.39. The lowest BCUT2D eigenvalue weighted by Crippen LogP contribution is -2.56. The van der Waals surface area contributed by atoms with E-state index in [4.69, 9.17) is 4.74 Å². The third kappa shape index (κ3) is 5.45. The molecule has 4 rings (SSSR count). The first-order chi connectivity index (χ1) is 18.9. The summed E-state index contributed by atoms with van der Waals surface area (Å²) in [5.41, 5.74) is 3.47. The molecule has 4 atom stereocenters. The Balaban J connectivity index is 1.84. The molecule has 1 saturated carbocycles. The molecule has 3 aromatic carbocycles. The third-order valence-corrected chi connectivity index (χ3v) is 8.15. The molecule has 0 bridgehead atoms. The number of hydrogen-bond donors (Lipinski definition) is 4. The molecular formula is C32H36N2O6. The SMILES string of the molecule is COc1cc(C2C(C(=O)Nc3cccc(C)c3C)C(=O)CC(C)(O)C2C(=O)Nc2cccc(C)c2C)ccc1O. The highest BCUT2D eigenvalue weighted by atomic mass is 16.5. The van der Waals surface area contributed by atoms with E-state index in [-0.39, 0.29) is 17.9 Å². The number of benzene rings is 3. The quantitative estimate of drug-likeness (QED) is 0.326. The molecule has 210 valence electrons. The Hall–Kier alpha value is -4.17. The monoisotopic (exact) mass is 544 g/mol. The maximum absolute atomic E-state index is 14.0. The van der Waals surface area contributed by atoms with E-state index in [2.05, 4.69) is 10.6 Å². The topological polar surface area (TPSA) is 125 Å². The van der Waals surface area contributed by atoms with E-state index in [1.165, 1.54) is 26.2 Å². The number of aliphatic hydroxyl groups is 1. The maximum atomic E-state index is 14.0.